The molecule has 0 aliphatic carbocycles. The van der Waals surface area contributed by atoms with Crippen molar-refractivity contribution in [3.05, 3.63) is 72.2 Å². The Morgan fingerprint density at radius 1 is 1.06 bits per heavy atom. The lowest BCUT2D eigenvalue weighted by Gasteiger charge is -2.12. The number of hydrogen-bond acceptors (Lipinski definition) is 7. The summed E-state index contributed by atoms with van der Waals surface area (Å²) in [5.41, 5.74) is 4.29. The molecule has 1 N–H and O–H groups in total. The number of hydrogen-bond donors (Lipinski definition) is 1. The van der Waals surface area contributed by atoms with Crippen LogP contribution < -0.4 is 10.1 Å². The number of anilines is 1. The van der Waals surface area contributed by atoms with Crippen LogP contribution in [0, 0.1) is 13.8 Å². The summed E-state index contributed by atoms with van der Waals surface area (Å²) in [5, 5.41) is 12.1. The van der Waals surface area contributed by atoms with Crippen molar-refractivity contribution in [1.82, 2.24) is 24.7 Å². The smallest absolute Gasteiger partial charge is 0.234 e. The fourth-order valence-corrected chi connectivity index (χ4v) is 3.86. The van der Waals surface area contributed by atoms with Gasteiger partial charge in [-0.2, -0.15) is 0 Å². The molecule has 0 radical (unpaired) electrons. The Labute approximate surface area is 190 Å². The molecule has 2 heterocycles. The topological polar surface area (TPSA) is 94.8 Å². The number of amides is 1. The number of aryl methyl sites for hydroxylation is 2. The van der Waals surface area contributed by atoms with Crippen LogP contribution in [0.5, 0.6) is 5.75 Å². The molecule has 0 atom stereocenters. The summed E-state index contributed by atoms with van der Waals surface area (Å²) in [7, 11) is 1.58. The predicted octanol–water partition coefficient (Wildman–Crippen LogP) is 4.08. The van der Waals surface area contributed by atoms with Crippen LogP contribution >= 0.6 is 11.8 Å². The van der Waals surface area contributed by atoms with Crippen molar-refractivity contribution in [1.29, 1.82) is 0 Å². The molecule has 2 aromatic heterocycles. The van der Waals surface area contributed by atoms with Gasteiger partial charge in [-0.15, -0.1) is 10.2 Å². The van der Waals surface area contributed by atoms with Gasteiger partial charge in [0.05, 0.1) is 24.7 Å². The molecule has 2 aromatic carbocycles. The lowest BCUT2D eigenvalue weighted by atomic mass is 10.2. The second-order valence-corrected chi connectivity index (χ2v) is 8.05. The molecule has 9 heteroatoms. The van der Waals surface area contributed by atoms with Gasteiger partial charge in [-0.05, 0) is 43.7 Å². The van der Waals surface area contributed by atoms with E-state index in [2.05, 4.69) is 25.5 Å². The molecule has 0 unspecified atom stereocenters. The Bertz CT molecular complexity index is 1230. The van der Waals surface area contributed by atoms with Crippen LogP contribution in [0.15, 0.2) is 66.2 Å². The molecule has 0 aliphatic heterocycles. The maximum Gasteiger partial charge on any atom is 0.234 e. The SMILES string of the molecule is COc1ccc(C)cc1NC(=O)CSc1nnc(-c2cnccn2)n1-c1ccc(C)cc1. The van der Waals surface area contributed by atoms with Crippen LogP contribution in [-0.2, 0) is 4.79 Å². The Balaban J connectivity index is 1.59. The van der Waals surface area contributed by atoms with E-state index in [0.29, 0.717) is 28.1 Å². The van der Waals surface area contributed by atoms with E-state index in [-0.39, 0.29) is 11.7 Å². The van der Waals surface area contributed by atoms with Crippen LogP contribution in [0.4, 0.5) is 5.69 Å². The third-order valence-corrected chi connectivity index (χ3v) is 5.61. The summed E-state index contributed by atoms with van der Waals surface area (Å²) in [6.45, 7) is 3.99. The van der Waals surface area contributed by atoms with E-state index in [9.17, 15) is 4.79 Å². The summed E-state index contributed by atoms with van der Waals surface area (Å²) < 4.78 is 7.23. The van der Waals surface area contributed by atoms with Crippen LogP contribution in [0.1, 0.15) is 11.1 Å². The molecule has 0 bridgehead atoms. The number of thioether (sulfide) groups is 1. The number of ether oxygens (including phenoxy) is 1. The summed E-state index contributed by atoms with van der Waals surface area (Å²) in [6.07, 6.45) is 4.86. The highest BCUT2D eigenvalue weighted by Crippen LogP contribution is 2.28. The van der Waals surface area contributed by atoms with Crippen molar-refractivity contribution in [3.8, 4) is 23.0 Å². The Kier molecular flexibility index (Phi) is 6.46. The number of nitrogens with zero attached hydrogens (tertiary/aromatic N) is 5. The van der Waals surface area contributed by atoms with Crippen molar-refractivity contribution in [2.24, 2.45) is 0 Å². The molecule has 0 fully saturated rings. The number of carbonyl (C=O) groups is 1. The molecular formula is C23H22N6O2S. The maximum absolute atomic E-state index is 12.7. The van der Waals surface area contributed by atoms with Crippen molar-refractivity contribution in [3.63, 3.8) is 0 Å². The summed E-state index contributed by atoms with van der Waals surface area (Å²) >= 11 is 1.29. The van der Waals surface area contributed by atoms with E-state index >= 15 is 0 Å². The van der Waals surface area contributed by atoms with Gasteiger partial charge in [-0.1, -0.05) is 35.5 Å². The van der Waals surface area contributed by atoms with Gasteiger partial charge in [-0.3, -0.25) is 14.3 Å². The van der Waals surface area contributed by atoms with Crippen LogP contribution in [-0.4, -0.2) is 43.5 Å². The number of carbonyl (C=O) groups excluding carboxylic acids is 1. The number of nitrogens with one attached hydrogen (secondary N) is 1. The zero-order valence-corrected chi connectivity index (χ0v) is 18.8. The van der Waals surface area contributed by atoms with Crippen LogP contribution in [0.3, 0.4) is 0 Å². The Morgan fingerprint density at radius 3 is 2.56 bits per heavy atom. The van der Waals surface area contributed by atoms with E-state index in [1.807, 2.05) is 60.9 Å². The normalized spacial score (nSPS) is 10.7. The maximum atomic E-state index is 12.7. The highest BCUT2D eigenvalue weighted by atomic mass is 32.2. The van der Waals surface area contributed by atoms with Gasteiger partial charge in [0.1, 0.15) is 11.4 Å². The fourth-order valence-electron chi connectivity index (χ4n) is 3.11. The van der Waals surface area contributed by atoms with E-state index < -0.39 is 0 Å². The Hall–Kier alpha value is -3.72. The lowest BCUT2D eigenvalue weighted by Crippen LogP contribution is -2.15. The van der Waals surface area contributed by atoms with Gasteiger partial charge >= 0.3 is 0 Å². The lowest BCUT2D eigenvalue weighted by molar-refractivity contribution is -0.113. The van der Waals surface area contributed by atoms with Gasteiger partial charge < -0.3 is 10.1 Å². The molecule has 0 saturated heterocycles. The molecule has 0 aliphatic rings. The molecular weight excluding hydrogens is 424 g/mol. The number of methoxy groups -OCH3 is 1. The predicted molar refractivity (Wildman–Crippen MR) is 124 cm³/mol. The van der Waals surface area contributed by atoms with Gasteiger partial charge in [0.15, 0.2) is 11.0 Å². The second-order valence-electron chi connectivity index (χ2n) is 7.11. The fraction of sp³-hybridized carbons (Fsp3) is 0.174. The van der Waals surface area contributed by atoms with Crippen molar-refractivity contribution < 1.29 is 9.53 Å². The summed E-state index contributed by atoms with van der Waals surface area (Å²) in [6, 6.07) is 13.6. The quantitative estimate of drug-likeness (QED) is 0.427. The zero-order valence-electron chi connectivity index (χ0n) is 17.9. The Morgan fingerprint density at radius 2 is 1.84 bits per heavy atom. The van der Waals surface area contributed by atoms with Gasteiger partial charge in [-0.25, -0.2) is 4.98 Å². The van der Waals surface area contributed by atoms with Crippen molar-refractivity contribution in [2.45, 2.75) is 19.0 Å². The van der Waals surface area contributed by atoms with Gasteiger partial charge in [0, 0.05) is 18.1 Å². The molecule has 8 nitrogen and oxygen atoms in total. The minimum absolute atomic E-state index is 0.154. The molecule has 4 rings (SSSR count). The molecule has 0 spiro atoms. The minimum atomic E-state index is -0.168. The first-order valence-corrected chi connectivity index (χ1v) is 10.9. The first-order chi connectivity index (χ1) is 15.5. The molecule has 4 aromatic rings. The van der Waals surface area contributed by atoms with Gasteiger partial charge in [0.25, 0.3) is 0 Å². The van der Waals surface area contributed by atoms with Crippen molar-refractivity contribution in [2.75, 3.05) is 18.2 Å². The largest absolute Gasteiger partial charge is 0.495 e. The highest BCUT2D eigenvalue weighted by molar-refractivity contribution is 7.99. The van der Waals surface area contributed by atoms with E-state index in [0.717, 1.165) is 16.8 Å². The first kappa shape index (κ1) is 21.5. The third-order valence-electron chi connectivity index (χ3n) is 4.68. The van der Waals surface area contributed by atoms with Crippen LogP contribution in [0.2, 0.25) is 0 Å². The molecule has 32 heavy (non-hydrogen) atoms. The standard InChI is InChI=1S/C23H22N6O2S/c1-15-4-7-17(8-5-15)29-22(19-13-24-10-11-25-19)27-28-23(29)32-14-21(30)26-18-12-16(2)6-9-20(18)31-3/h4-13H,14H2,1-3H3,(H,26,30). The van der Waals surface area contributed by atoms with Crippen LogP contribution in [0.25, 0.3) is 17.2 Å². The van der Waals surface area contributed by atoms with E-state index in [4.69, 9.17) is 4.74 Å². The number of aromatic nitrogens is 5. The highest BCUT2D eigenvalue weighted by Gasteiger charge is 2.18. The number of benzene rings is 2. The van der Waals surface area contributed by atoms with Crippen molar-refractivity contribution >= 4 is 23.4 Å². The van der Waals surface area contributed by atoms with E-state index in [1.165, 1.54) is 11.8 Å². The average Bonchev–Trinajstić information content (AvgIpc) is 3.23. The first-order valence-electron chi connectivity index (χ1n) is 9.91. The number of rotatable bonds is 7. The van der Waals surface area contributed by atoms with Gasteiger partial charge in [0.2, 0.25) is 5.91 Å². The molecule has 1 amide bonds. The average molecular weight is 447 g/mol. The second kappa shape index (κ2) is 9.61. The van der Waals surface area contributed by atoms with E-state index in [1.54, 1.807) is 25.7 Å². The third kappa shape index (κ3) is 4.78. The minimum Gasteiger partial charge on any atom is -0.495 e. The zero-order chi connectivity index (χ0) is 22.5. The molecule has 0 saturated carbocycles. The molecule has 162 valence electrons. The summed E-state index contributed by atoms with van der Waals surface area (Å²) in [4.78, 5) is 21.2. The monoisotopic (exact) mass is 446 g/mol. The summed E-state index contributed by atoms with van der Waals surface area (Å²) in [5.74, 6) is 1.16.